The third kappa shape index (κ3) is 3.98. The molecule has 0 amide bonds. The predicted molar refractivity (Wildman–Crippen MR) is 63.2 cm³/mol. The van der Waals surface area contributed by atoms with Crippen molar-refractivity contribution in [1.29, 1.82) is 0 Å². The number of pyridine rings is 1. The second-order valence-electron chi connectivity index (χ2n) is 3.52. The molecule has 16 heavy (non-hydrogen) atoms. The Morgan fingerprint density at radius 3 is 2.94 bits per heavy atom. The van der Waals surface area contributed by atoms with Gasteiger partial charge in [-0.2, -0.15) is 0 Å². The molecule has 0 bridgehead atoms. The highest BCUT2D eigenvalue weighted by atomic mass is 32.2. The predicted octanol–water partition coefficient (Wildman–Crippen LogP) is 0.959. The Morgan fingerprint density at radius 1 is 1.69 bits per heavy atom. The lowest BCUT2D eigenvalue weighted by molar-refractivity contribution is 0.0690. The lowest BCUT2D eigenvalue weighted by Gasteiger charge is -2.13. The monoisotopic (exact) mass is 242 g/mol. The van der Waals surface area contributed by atoms with Gasteiger partial charge in [0, 0.05) is 40.7 Å². The molecule has 5 nitrogen and oxygen atoms in total. The Labute approximate surface area is 96.4 Å². The Morgan fingerprint density at radius 2 is 2.38 bits per heavy atom. The Bertz CT molecular complexity index is 409. The van der Waals surface area contributed by atoms with E-state index in [-0.39, 0.29) is 11.7 Å². The number of hydrogen-bond acceptors (Lipinski definition) is 4. The van der Waals surface area contributed by atoms with Crippen LogP contribution < -0.4 is 5.32 Å². The molecule has 0 aliphatic rings. The molecule has 0 spiro atoms. The topological polar surface area (TPSA) is 79.3 Å². The summed E-state index contributed by atoms with van der Waals surface area (Å²) in [7, 11) is -0.878. The van der Waals surface area contributed by atoms with Gasteiger partial charge in [0.05, 0.1) is 0 Å². The minimum absolute atomic E-state index is 0.00480. The molecule has 0 saturated heterocycles. The van der Waals surface area contributed by atoms with Crippen LogP contribution in [0.2, 0.25) is 0 Å². The highest BCUT2D eigenvalue weighted by Gasteiger charge is 2.07. The van der Waals surface area contributed by atoms with E-state index in [0.29, 0.717) is 11.4 Å². The van der Waals surface area contributed by atoms with E-state index in [2.05, 4.69) is 10.3 Å². The first-order valence-electron chi connectivity index (χ1n) is 4.75. The van der Waals surface area contributed by atoms with Gasteiger partial charge in [-0.25, -0.2) is 9.78 Å². The first kappa shape index (κ1) is 12.6. The molecule has 0 aromatic carbocycles. The first-order valence-corrected chi connectivity index (χ1v) is 6.47. The lowest BCUT2D eigenvalue weighted by Crippen LogP contribution is -2.22. The standard InChI is InChI=1S/C10H14N2O3S/c1-7(6-16(2)15)12-8-3-4-11-9(5-8)10(13)14/h3-5,7H,6H2,1-2H3,(H,11,12)(H,13,14). The minimum atomic E-state index is -1.06. The number of carboxylic acids is 1. The van der Waals surface area contributed by atoms with Gasteiger partial charge in [0.25, 0.3) is 0 Å². The van der Waals surface area contributed by atoms with E-state index < -0.39 is 16.8 Å². The summed E-state index contributed by atoms with van der Waals surface area (Å²) in [6, 6.07) is 3.16. The van der Waals surface area contributed by atoms with Crippen molar-refractivity contribution in [3.8, 4) is 0 Å². The zero-order chi connectivity index (χ0) is 12.1. The van der Waals surface area contributed by atoms with Crippen molar-refractivity contribution >= 4 is 22.5 Å². The van der Waals surface area contributed by atoms with Gasteiger partial charge in [-0.3, -0.25) is 4.21 Å². The number of rotatable bonds is 5. The van der Waals surface area contributed by atoms with Crippen LogP contribution >= 0.6 is 0 Å². The zero-order valence-corrected chi connectivity index (χ0v) is 9.95. The number of aromatic nitrogens is 1. The molecule has 6 heteroatoms. The molecule has 1 aromatic rings. The van der Waals surface area contributed by atoms with Crippen LogP contribution in [0.5, 0.6) is 0 Å². The van der Waals surface area contributed by atoms with Gasteiger partial charge >= 0.3 is 5.97 Å². The summed E-state index contributed by atoms with van der Waals surface area (Å²) in [6.45, 7) is 1.89. The average molecular weight is 242 g/mol. The number of carbonyl (C=O) groups is 1. The maximum atomic E-state index is 11.0. The average Bonchev–Trinajstić information content (AvgIpc) is 2.16. The number of hydrogen-bond donors (Lipinski definition) is 2. The van der Waals surface area contributed by atoms with Gasteiger partial charge in [-0.05, 0) is 19.1 Å². The molecule has 1 aromatic heterocycles. The van der Waals surface area contributed by atoms with E-state index in [1.54, 1.807) is 12.3 Å². The molecule has 88 valence electrons. The smallest absolute Gasteiger partial charge is 0.354 e. The quantitative estimate of drug-likeness (QED) is 0.804. The fourth-order valence-corrected chi connectivity index (χ4v) is 2.10. The fraction of sp³-hybridized carbons (Fsp3) is 0.400. The van der Waals surface area contributed by atoms with Gasteiger partial charge in [-0.15, -0.1) is 0 Å². The minimum Gasteiger partial charge on any atom is -0.477 e. The number of carboxylic acid groups (broad SMARTS) is 1. The maximum absolute atomic E-state index is 11.0. The van der Waals surface area contributed by atoms with E-state index in [1.807, 2.05) is 6.92 Å². The number of anilines is 1. The number of nitrogens with zero attached hydrogens (tertiary/aromatic N) is 1. The van der Waals surface area contributed by atoms with E-state index in [0.717, 1.165) is 0 Å². The van der Waals surface area contributed by atoms with E-state index in [9.17, 15) is 9.00 Å². The van der Waals surface area contributed by atoms with Crippen LogP contribution in [0.1, 0.15) is 17.4 Å². The Balaban J connectivity index is 2.70. The summed E-state index contributed by atoms with van der Waals surface area (Å²) in [5.41, 5.74) is 0.667. The summed E-state index contributed by atoms with van der Waals surface area (Å²) >= 11 is 0. The second kappa shape index (κ2) is 5.60. The number of aromatic carboxylic acids is 1. The lowest BCUT2D eigenvalue weighted by atomic mass is 10.3. The van der Waals surface area contributed by atoms with Crippen LogP contribution in [0, 0.1) is 0 Å². The van der Waals surface area contributed by atoms with Gasteiger partial charge in [0.2, 0.25) is 0 Å². The van der Waals surface area contributed by atoms with Gasteiger partial charge in [-0.1, -0.05) is 0 Å². The molecule has 2 N–H and O–H groups in total. The third-order valence-corrected chi connectivity index (χ3v) is 2.85. The SMILES string of the molecule is CC(CS(C)=O)Nc1ccnc(C(=O)O)c1. The van der Waals surface area contributed by atoms with Crippen molar-refractivity contribution in [3.05, 3.63) is 24.0 Å². The maximum Gasteiger partial charge on any atom is 0.354 e. The normalized spacial score (nSPS) is 14.1. The van der Waals surface area contributed by atoms with Crippen LogP contribution in [0.15, 0.2) is 18.3 Å². The summed E-state index contributed by atoms with van der Waals surface area (Å²) in [4.78, 5) is 14.4. The second-order valence-corrected chi connectivity index (χ2v) is 5.00. The van der Waals surface area contributed by atoms with E-state index in [4.69, 9.17) is 5.11 Å². The third-order valence-electron chi connectivity index (χ3n) is 1.88. The van der Waals surface area contributed by atoms with Crippen molar-refractivity contribution in [2.24, 2.45) is 0 Å². The molecule has 0 aliphatic heterocycles. The van der Waals surface area contributed by atoms with Crippen LogP contribution in [0.4, 0.5) is 5.69 Å². The van der Waals surface area contributed by atoms with Crippen molar-refractivity contribution in [3.63, 3.8) is 0 Å². The first-order chi connectivity index (χ1) is 7.49. The Kier molecular flexibility index (Phi) is 4.42. The van der Waals surface area contributed by atoms with Crippen LogP contribution in [-0.4, -0.2) is 38.3 Å². The highest BCUT2D eigenvalue weighted by molar-refractivity contribution is 7.84. The van der Waals surface area contributed by atoms with Gasteiger partial charge in [0.1, 0.15) is 5.69 Å². The van der Waals surface area contributed by atoms with Crippen molar-refractivity contribution < 1.29 is 14.1 Å². The summed E-state index contributed by atoms with van der Waals surface area (Å²) < 4.78 is 11.0. The van der Waals surface area contributed by atoms with E-state index >= 15 is 0 Å². The highest BCUT2D eigenvalue weighted by Crippen LogP contribution is 2.09. The van der Waals surface area contributed by atoms with Gasteiger partial charge in [0.15, 0.2) is 0 Å². The number of nitrogens with one attached hydrogen (secondary N) is 1. The Hall–Kier alpha value is -1.43. The summed E-state index contributed by atoms with van der Waals surface area (Å²) in [5.74, 6) is -0.541. The molecule has 1 heterocycles. The molecule has 2 unspecified atom stereocenters. The van der Waals surface area contributed by atoms with E-state index in [1.165, 1.54) is 12.3 Å². The molecule has 0 fully saturated rings. The van der Waals surface area contributed by atoms with Crippen molar-refractivity contribution in [2.45, 2.75) is 13.0 Å². The molecular formula is C10H14N2O3S. The summed E-state index contributed by atoms with van der Waals surface area (Å²) in [5, 5.41) is 11.8. The molecule has 2 atom stereocenters. The molecule has 0 radical (unpaired) electrons. The molecule has 1 rings (SSSR count). The van der Waals surface area contributed by atoms with Crippen LogP contribution in [0.3, 0.4) is 0 Å². The molecular weight excluding hydrogens is 228 g/mol. The van der Waals surface area contributed by atoms with Crippen molar-refractivity contribution in [2.75, 3.05) is 17.3 Å². The van der Waals surface area contributed by atoms with Crippen molar-refractivity contribution in [1.82, 2.24) is 4.98 Å². The van der Waals surface area contributed by atoms with Gasteiger partial charge < -0.3 is 10.4 Å². The fourth-order valence-electron chi connectivity index (χ4n) is 1.32. The summed E-state index contributed by atoms with van der Waals surface area (Å²) in [6.07, 6.45) is 3.06. The zero-order valence-electron chi connectivity index (χ0n) is 9.14. The largest absolute Gasteiger partial charge is 0.477 e. The van der Waals surface area contributed by atoms with Crippen LogP contribution in [0.25, 0.3) is 0 Å². The van der Waals surface area contributed by atoms with Crippen LogP contribution in [-0.2, 0) is 10.8 Å². The molecule has 0 aliphatic carbocycles. The molecule has 0 saturated carbocycles.